The Morgan fingerprint density at radius 3 is 2.68 bits per heavy atom. The van der Waals surface area contributed by atoms with Gasteiger partial charge in [0, 0.05) is 18.0 Å². The molecule has 1 spiro atoms. The molecule has 0 saturated heterocycles. The van der Waals surface area contributed by atoms with E-state index in [9.17, 15) is 0 Å². The fraction of sp³-hybridized carbons (Fsp3) is 0.600. The van der Waals surface area contributed by atoms with Crippen molar-refractivity contribution in [3.63, 3.8) is 0 Å². The van der Waals surface area contributed by atoms with Crippen molar-refractivity contribution in [3.05, 3.63) is 17.7 Å². The van der Waals surface area contributed by atoms with Crippen LogP contribution in [0.25, 0.3) is 0 Å². The summed E-state index contributed by atoms with van der Waals surface area (Å²) in [5.74, 6) is 2.37. The number of fused-ring (bicyclic) bond motifs is 3. The molecule has 19 heavy (non-hydrogen) atoms. The number of hydrogen-bond acceptors (Lipinski definition) is 4. The molecule has 1 aromatic carbocycles. The summed E-state index contributed by atoms with van der Waals surface area (Å²) in [6.45, 7) is 1.18. The van der Waals surface area contributed by atoms with Crippen LogP contribution in [0.4, 0.5) is 0 Å². The third-order valence-electron chi connectivity index (χ3n) is 4.52. The highest BCUT2D eigenvalue weighted by Crippen LogP contribution is 2.52. The Hall–Kier alpha value is -1.42. The summed E-state index contributed by atoms with van der Waals surface area (Å²) in [7, 11) is 0. The van der Waals surface area contributed by atoms with Crippen LogP contribution in [-0.2, 0) is 0 Å². The molecule has 1 fully saturated rings. The van der Waals surface area contributed by atoms with Gasteiger partial charge in [-0.25, -0.2) is 0 Å². The molecule has 2 heterocycles. The molecule has 0 aromatic heterocycles. The molecule has 1 saturated carbocycles. The lowest BCUT2D eigenvalue weighted by Gasteiger charge is -2.40. The van der Waals surface area contributed by atoms with Crippen LogP contribution in [0.3, 0.4) is 0 Å². The summed E-state index contributed by atoms with van der Waals surface area (Å²) in [6.07, 6.45) is 5.58. The lowest BCUT2D eigenvalue weighted by molar-refractivity contribution is 0.0352. The lowest BCUT2D eigenvalue weighted by Crippen LogP contribution is -2.40. The summed E-state index contributed by atoms with van der Waals surface area (Å²) < 4.78 is 17.8. The molecule has 0 amide bonds. The van der Waals surface area contributed by atoms with E-state index in [1.165, 1.54) is 12.8 Å². The van der Waals surface area contributed by atoms with Gasteiger partial charge >= 0.3 is 0 Å². The van der Waals surface area contributed by atoms with Crippen molar-refractivity contribution in [3.8, 4) is 17.2 Å². The molecule has 3 aliphatic rings. The summed E-state index contributed by atoms with van der Waals surface area (Å²) in [4.78, 5) is 0. The second kappa shape index (κ2) is 4.04. The van der Waals surface area contributed by atoms with Crippen molar-refractivity contribution < 1.29 is 14.2 Å². The Morgan fingerprint density at radius 2 is 1.84 bits per heavy atom. The Morgan fingerprint density at radius 1 is 1.05 bits per heavy atom. The maximum Gasteiger partial charge on any atom is 0.204 e. The van der Waals surface area contributed by atoms with E-state index in [-0.39, 0.29) is 11.6 Å². The average molecular weight is 261 g/mol. The maximum atomic E-state index is 6.36. The molecule has 1 atom stereocenters. The summed E-state index contributed by atoms with van der Waals surface area (Å²) >= 11 is 0. The fourth-order valence-corrected chi connectivity index (χ4v) is 3.60. The van der Waals surface area contributed by atoms with Gasteiger partial charge in [0.25, 0.3) is 0 Å². The van der Waals surface area contributed by atoms with Gasteiger partial charge in [0.15, 0.2) is 11.5 Å². The monoisotopic (exact) mass is 261 g/mol. The van der Waals surface area contributed by atoms with E-state index in [1.807, 2.05) is 12.1 Å². The van der Waals surface area contributed by atoms with E-state index < -0.39 is 0 Å². The standard InChI is InChI=1S/C15H19NO3/c16-11-9-15(5-1-2-6-15)19-13-10(11)3-4-12-14(13)18-8-7-17-12/h3-4,11H,1-2,5-9,16H2. The van der Waals surface area contributed by atoms with Crippen molar-refractivity contribution in [1.82, 2.24) is 0 Å². The zero-order valence-electron chi connectivity index (χ0n) is 11.0. The average Bonchev–Trinajstić information content (AvgIpc) is 2.86. The minimum atomic E-state index is -0.0671. The predicted octanol–water partition coefficient (Wildman–Crippen LogP) is 2.55. The van der Waals surface area contributed by atoms with Crippen LogP contribution >= 0.6 is 0 Å². The Bertz CT molecular complexity index is 508. The molecule has 2 aliphatic heterocycles. The van der Waals surface area contributed by atoms with Gasteiger partial charge in [0.2, 0.25) is 5.75 Å². The van der Waals surface area contributed by atoms with Crippen LogP contribution in [0.5, 0.6) is 17.2 Å². The first kappa shape index (κ1) is 11.4. The largest absolute Gasteiger partial charge is 0.486 e. The zero-order valence-corrected chi connectivity index (χ0v) is 11.0. The molecule has 4 nitrogen and oxygen atoms in total. The molecular weight excluding hydrogens is 242 g/mol. The maximum absolute atomic E-state index is 6.36. The first-order chi connectivity index (χ1) is 9.27. The van der Waals surface area contributed by atoms with Crippen molar-refractivity contribution in [1.29, 1.82) is 0 Å². The van der Waals surface area contributed by atoms with E-state index in [2.05, 4.69) is 0 Å². The van der Waals surface area contributed by atoms with Gasteiger partial charge in [0.05, 0.1) is 0 Å². The molecule has 4 heteroatoms. The number of hydrogen-bond donors (Lipinski definition) is 1. The fourth-order valence-electron chi connectivity index (χ4n) is 3.60. The molecule has 0 radical (unpaired) electrons. The Labute approximate surface area is 112 Å². The molecule has 0 bridgehead atoms. The van der Waals surface area contributed by atoms with Crippen molar-refractivity contribution in [2.75, 3.05) is 13.2 Å². The van der Waals surface area contributed by atoms with Crippen LogP contribution in [0.2, 0.25) is 0 Å². The zero-order chi connectivity index (χ0) is 12.9. The number of benzene rings is 1. The summed E-state index contributed by atoms with van der Waals surface area (Å²) in [5.41, 5.74) is 7.35. The molecule has 1 aliphatic carbocycles. The van der Waals surface area contributed by atoms with Gasteiger partial charge in [-0.15, -0.1) is 0 Å². The van der Waals surface area contributed by atoms with E-state index in [1.54, 1.807) is 0 Å². The highest BCUT2D eigenvalue weighted by Gasteiger charge is 2.43. The molecule has 102 valence electrons. The normalized spacial score (nSPS) is 26.9. The number of nitrogens with two attached hydrogens (primary N) is 1. The first-order valence-electron chi connectivity index (χ1n) is 7.15. The van der Waals surface area contributed by atoms with Gasteiger partial charge in [-0.1, -0.05) is 0 Å². The van der Waals surface area contributed by atoms with Gasteiger partial charge in [-0.2, -0.15) is 0 Å². The van der Waals surface area contributed by atoms with E-state index in [0.29, 0.717) is 13.2 Å². The summed E-state index contributed by atoms with van der Waals surface area (Å²) in [5, 5.41) is 0. The van der Waals surface area contributed by atoms with Gasteiger partial charge in [-0.05, 0) is 37.8 Å². The number of rotatable bonds is 0. The molecular formula is C15H19NO3. The molecule has 2 N–H and O–H groups in total. The highest BCUT2D eigenvalue weighted by molar-refractivity contribution is 5.58. The van der Waals surface area contributed by atoms with Crippen LogP contribution in [-0.4, -0.2) is 18.8 Å². The van der Waals surface area contributed by atoms with Crippen LogP contribution in [0.1, 0.15) is 43.7 Å². The van der Waals surface area contributed by atoms with Crippen LogP contribution in [0, 0.1) is 0 Å². The van der Waals surface area contributed by atoms with E-state index in [4.69, 9.17) is 19.9 Å². The number of ether oxygens (including phenoxy) is 3. The molecule has 1 unspecified atom stereocenters. The third kappa shape index (κ3) is 1.70. The summed E-state index contributed by atoms with van der Waals surface area (Å²) in [6, 6.07) is 4.01. The van der Waals surface area contributed by atoms with Crippen molar-refractivity contribution in [2.24, 2.45) is 5.73 Å². The van der Waals surface area contributed by atoms with Crippen molar-refractivity contribution in [2.45, 2.75) is 43.7 Å². The van der Waals surface area contributed by atoms with Crippen LogP contribution < -0.4 is 19.9 Å². The Balaban J connectivity index is 1.81. The smallest absolute Gasteiger partial charge is 0.204 e. The van der Waals surface area contributed by atoms with E-state index in [0.717, 1.165) is 42.1 Å². The predicted molar refractivity (Wildman–Crippen MR) is 70.8 cm³/mol. The molecule has 1 aromatic rings. The highest BCUT2D eigenvalue weighted by atomic mass is 16.6. The quantitative estimate of drug-likeness (QED) is 0.779. The van der Waals surface area contributed by atoms with E-state index >= 15 is 0 Å². The topological polar surface area (TPSA) is 53.7 Å². The first-order valence-corrected chi connectivity index (χ1v) is 7.15. The second-order valence-corrected chi connectivity index (χ2v) is 5.81. The third-order valence-corrected chi connectivity index (χ3v) is 4.52. The minimum absolute atomic E-state index is 0.0395. The van der Waals surface area contributed by atoms with Gasteiger partial charge in [0.1, 0.15) is 18.8 Å². The Kier molecular flexibility index (Phi) is 2.42. The SMILES string of the molecule is NC1CC2(CCCC2)Oc2c1ccc1c2OCCO1. The second-order valence-electron chi connectivity index (χ2n) is 5.81. The van der Waals surface area contributed by atoms with Gasteiger partial charge < -0.3 is 19.9 Å². The lowest BCUT2D eigenvalue weighted by atomic mass is 9.86. The van der Waals surface area contributed by atoms with Crippen molar-refractivity contribution >= 4 is 0 Å². The minimum Gasteiger partial charge on any atom is -0.486 e. The van der Waals surface area contributed by atoms with Gasteiger partial charge in [-0.3, -0.25) is 0 Å². The van der Waals surface area contributed by atoms with Crippen LogP contribution in [0.15, 0.2) is 12.1 Å². The molecule has 4 rings (SSSR count).